The summed E-state index contributed by atoms with van der Waals surface area (Å²) < 4.78 is 13.5. The van der Waals surface area contributed by atoms with E-state index >= 15 is 0 Å². The van der Waals surface area contributed by atoms with Crippen molar-refractivity contribution in [2.45, 2.75) is 19.4 Å². The van der Waals surface area contributed by atoms with E-state index < -0.39 is 11.4 Å². The van der Waals surface area contributed by atoms with E-state index in [1.807, 2.05) is 12.1 Å². The molecule has 144 valence electrons. The van der Waals surface area contributed by atoms with Gasteiger partial charge < -0.3 is 14.8 Å². The highest BCUT2D eigenvalue weighted by molar-refractivity contribution is 5.97. The molecule has 1 aliphatic heterocycles. The number of carbonyl (C=O) groups excluding carboxylic acids is 1. The second kappa shape index (κ2) is 7.46. The molecule has 1 aromatic heterocycles. The average Bonchev–Trinajstić information content (AvgIpc) is 3.22. The minimum absolute atomic E-state index is 0.0105. The highest BCUT2D eigenvalue weighted by atomic mass is 19.1. The van der Waals surface area contributed by atoms with Crippen molar-refractivity contribution < 1.29 is 9.18 Å². The number of nitrogens with zero attached hydrogens (tertiary/aromatic N) is 2. The summed E-state index contributed by atoms with van der Waals surface area (Å²) in [6.07, 6.45) is 2.40. The molecule has 0 aliphatic carbocycles. The highest BCUT2D eigenvalue weighted by Crippen LogP contribution is 2.22. The lowest BCUT2D eigenvalue weighted by Gasteiger charge is -2.21. The Bertz CT molecular complexity index is 1090. The molecule has 4 rings (SSSR count). The molecular weight excluding hydrogens is 357 g/mol. The lowest BCUT2D eigenvalue weighted by Crippen LogP contribution is -2.31. The van der Waals surface area contributed by atoms with Gasteiger partial charge in [0.2, 0.25) is 0 Å². The van der Waals surface area contributed by atoms with Crippen molar-refractivity contribution in [3.63, 3.8) is 0 Å². The molecule has 0 atom stereocenters. The highest BCUT2D eigenvalue weighted by Gasteiger charge is 2.18. The minimum Gasteiger partial charge on any atom is -0.372 e. The van der Waals surface area contributed by atoms with Gasteiger partial charge in [-0.05, 0) is 54.8 Å². The summed E-state index contributed by atoms with van der Waals surface area (Å²) in [5, 5.41) is 0.493. The Morgan fingerprint density at radius 2 is 1.93 bits per heavy atom. The van der Waals surface area contributed by atoms with Gasteiger partial charge in [0, 0.05) is 43.3 Å². The molecule has 2 aromatic carbocycles. The molecule has 5 nitrogen and oxygen atoms in total. The third-order valence-electron chi connectivity index (χ3n) is 5.18. The molecule has 0 saturated carbocycles. The summed E-state index contributed by atoms with van der Waals surface area (Å²) in [5.41, 5.74) is 2.21. The molecule has 0 radical (unpaired) electrons. The number of fused-ring (bicyclic) bond motifs is 1. The average molecular weight is 379 g/mol. The third-order valence-corrected chi connectivity index (χ3v) is 5.18. The molecule has 6 heteroatoms. The van der Waals surface area contributed by atoms with Crippen LogP contribution in [-0.2, 0) is 6.54 Å². The summed E-state index contributed by atoms with van der Waals surface area (Å²) in [5.74, 6) is -0.802. The molecule has 1 amide bonds. The van der Waals surface area contributed by atoms with E-state index in [9.17, 15) is 14.0 Å². The zero-order valence-corrected chi connectivity index (χ0v) is 15.7. The van der Waals surface area contributed by atoms with Gasteiger partial charge in [-0.15, -0.1) is 0 Å². The predicted molar refractivity (Wildman–Crippen MR) is 108 cm³/mol. The quantitative estimate of drug-likeness (QED) is 0.754. The molecule has 0 unspecified atom stereocenters. The van der Waals surface area contributed by atoms with Gasteiger partial charge in [-0.3, -0.25) is 9.59 Å². The molecule has 28 heavy (non-hydrogen) atoms. The Morgan fingerprint density at radius 3 is 2.71 bits per heavy atom. The number of H-pyrrole nitrogens is 1. The third kappa shape index (κ3) is 3.63. The van der Waals surface area contributed by atoms with E-state index in [1.165, 1.54) is 42.0 Å². The Kier molecular flexibility index (Phi) is 4.86. The lowest BCUT2D eigenvalue weighted by molar-refractivity contribution is 0.0783. The topological polar surface area (TPSA) is 56.4 Å². The maximum Gasteiger partial charge on any atom is 0.261 e. The van der Waals surface area contributed by atoms with Crippen LogP contribution in [0.3, 0.4) is 0 Å². The Labute approximate surface area is 162 Å². The zero-order chi connectivity index (χ0) is 19.7. The first-order valence-electron chi connectivity index (χ1n) is 9.43. The van der Waals surface area contributed by atoms with Crippen LogP contribution in [0, 0.1) is 5.82 Å². The maximum atomic E-state index is 13.5. The maximum absolute atomic E-state index is 13.5. The largest absolute Gasteiger partial charge is 0.372 e. The number of carbonyl (C=O) groups is 1. The van der Waals surface area contributed by atoms with Crippen LogP contribution >= 0.6 is 0 Å². The van der Waals surface area contributed by atoms with Gasteiger partial charge >= 0.3 is 0 Å². The van der Waals surface area contributed by atoms with E-state index in [4.69, 9.17) is 0 Å². The SMILES string of the molecule is CN(Cc1cccc(N2CCCC2)c1)C(=O)c1cc2cc(F)ccc2[nH]c1=O. The van der Waals surface area contributed by atoms with Crippen molar-refractivity contribution in [1.29, 1.82) is 0 Å². The second-order valence-electron chi connectivity index (χ2n) is 7.27. The molecule has 1 N–H and O–H groups in total. The first-order chi connectivity index (χ1) is 13.5. The first kappa shape index (κ1) is 18.2. The number of benzene rings is 2. The van der Waals surface area contributed by atoms with Gasteiger partial charge in [0.1, 0.15) is 11.4 Å². The van der Waals surface area contributed by atoms with Crippen LogP contribution in [0.5, 0.6) is 0 Å². The van der Waals surface area contributed by atoms with Gasteiger partial charge in [0.05, 0.1) is 0 Å². The predicted octanol–water partition coefficient (Wildman–Crippen LogP) is 3.54. The standard InChI is InChI=1S/C22H22FN3O2/c1-25(14-15-5-4-6-18(11-15)26-9-2-3-10-26)22(28)19-13-16-12-17(23)7-8-20(16)24-21(19)27/h4-8,11-13H,2-3,9-10,14H2,1H3,(H,24,27). The fourth-order valence-electron chi connectivity index (χ4n) is 3.71. The van der Waals surface area contributed by atoms with E-state index in [0.717, 1.165) is 24.3 Å². The van der Waals surface area contributed by atoms with E-state index in [2.05, 4.69) is 22.0 Å². The molecular formula is C22H22FN3O2. The van der Waals surface area contributed by atoms with Crippen molar-refractivity contribution in [1.82, 2.24) is 9.88 Å². The Morgan fingerprint density at radius 1 is 1.14 bits per heavy atom. The van der Waals surface area contributed by atoms with E-state index in [-0.39, 0.29) is 11.5 Å². The van der Waals surface area contributed by atoms with Gasteiger partial charge in [0.15, 0.2) is 0 Å². The number of aromatic nitrogens is 1. The number of amides is 1. The van der Waals surface area contributed by atoms with Crippen LogP contribution in [0.25, 0.3) is 10.9 Å². The molecule has 3 aromatic rings. The monoisotopic (exact) mass is 379 g/mol. The van der Waals surface area contributed by atoms with E-state index in [0.29, 0.717) is 17.4 Å². The number of nitrogens with one attached hydrogen (secondary N) is 1. The van der Waals surface area contributed by atoms with Crippen LogP contribution in [0.4, 0.5) is 10.1 Å². The minimum atomic E-state index is -0.471. The molecule has 1 aliphatic rings. The van der Waals surface area contributed by atoms with E-state index in [1.54, 1.807) is 7.05 Å². The van der Waals surface area contributed by atoms with Crippen molar-refractivity contribution in [3.8, 4) is 0 Å². The number of anilines is 1. The van der Waals surface area contributed by atoms with Crippen molar-refractivity contribution in [3.05, 3.63) is 75.8 Å². The number of halogens is 1. The summed E-state index contributed by atoms with van der Waals surface area (Å²) in [6.45, 7) is 2.50. The molecule has 1 fully saturated rings. The number of pyridine rings is 1. The lowest BCUT2D eigenvalue weighted by atomic mass is 10.1. The molecule has 0 bridgehead atoms. The van der Waals surface area contributed by atoms with Crippen LogP contribution in [0.1, 0.15) is 28.8 Å². The molecule has 0 spiro atoms. The van der Waals surface area contributed by atoms with Crippen LogP contribution < -0.4 is 10.5 Å². The summed E-state index contributed by atoms with van der Waals surface area (Å²) in [6, 6.07) is 13.7. The van der Waals surface area contributed by atoms with Crippen LogP contribution in [-0.4, -0.2) is 35.9 Å². The Hall–Kier alpha value is -3.15. The van der Waals surface area contributed by atoms with Crippen LogP contribution in [0.2, 0.25) is 0 Å². The number of rotatable bonds is 4. The number of hydrogen-bond acceptors (Lipinski definition) is 3. The smallest absolute Gasteiger partial charge is 0.261 e. The van der Waals surface area contributed by atoms with Gasteiger partial charge in [-0.1, -0.05) is 12.1 Å². The first-order valence-corrected chi connectivity index (χ1v) is 9.43. The fourth-order valence-corrected chi connectivity index (χ4v) is 3.71. The fraction of sp³-hybridized carbons (Fsp3) is 0.273. The van der Waals surface area contributed by atoms with Gasteiger partial charge in [0.25, 0.3) is 11.5 Å². The van der Waals surface area contributed by atoms with Crippen LogP contribution in [0.15, 0.2) is 53.3 Å². The zero-order valence-electron chi connectivity index (χ0n) is 15.7. The van der Waals surface area contributed by atoms with Crippen molar-refractivity contribution >= 4 is 22.5 Å². The normalized spacial score (nSPS) is 13.9. The number of hydrogen-bond donors (Lipinski definition) is 1. The molecule has 1 saturated heterocycles. The summed E-state index contributed by atoms with van der Waals surface area (Å²) in [4.78, 5) is 31.7. The summed E-state index contributed by atoms with van der Waals surface area (Å²) >= 11 is 0. The number of aromatic amines is 1. The summed E-state index contributed by atoms with van der Waals surface area (Å²) in [7, 11) is 1.67. The van der Waals surface area contributed by atoms with Crippen molar-refractivity contribution in [2.75, 3.05) is 25.0 Å². The molecule has 2 heterocycles. The van der Waals surface area contributed by atoms with Crippen molar-refractivity contribution in [2.24, 2.45) is 0 Å². The van der Waals surface area contributed by atoms with Gasteiger partial charge in [-0.2, -0.15) is 0 Å². The second-order valence-corrected chi connectivity index (χ2v) is 7.27. The Balaban J connectivity index is 1.57. The van der Waals surface area contributed by atoms with Gasteiger partial charge in [-0.25, -0.2) is 4.39 Å².